The van der Waals surface area contributed by atoms with Gasteiger partial charge in [0.05, 0.1) is 5.02 Å². The van der Waals surface area contributed by atoms with Gasteiger partial charge < -0.3 is 15.0 Å². The Kier molecular flexibility index (Phi) is 8.90. The van der Waals surface area contributed by atoms with Crippen LogP contribution in [0.1, 0.15) is 25.0 Å². The SMILES string of the molecule is CC(C)NC(=O)[C@@H](Cc1ccccc1)N(Cc1ccccc1)C(=O)COc1ccccc1Cl. The monoisotopic (exact) mass is 464 g/mol. The van der Waals surface area contributed by atoms with Gasteiger partial charge in [0, 0.05) is 19.0 Å². The van der Waals surface area contributed by atoms with Gasteiger partial charge in [-0.05, 0) is 37.1 Å². The Morgan fingerprint density at radius 2 is 1.45 bits per heavy atom. The lowest BCUT2D eigenvalue weighted by Crippen LogP contribution is -2.52. The first kappa shape index (κ1) is 24.3. The molecule has 0 aliphatic carbocycles. The molecule has 0 bridgehead atoms. The fourth-order valence-corrected chi connectivity index (χ4v) is 3.69. The number of carbonyl (C=O) groups is 2. The van der Waals surface area contributed by atoms with Gasteiger partial charge in [0.1, 0.15) is 11.8 Å². The Bertz CT molecular complexity index is 1040. The number of carbonyl (C=O) groups excluding carboxylic acids is 2. The third-order valence-electron chi connectivity index (χ3n) is 5.09. The highest BCUT2D eigenvalue weighted by molar-refractivity contribution is 6.32. The lowest BCUT2D eigenvalue weighted by Gasteiger charge is -2.32. The molecule has 0 spiro atoms. The maximum absolute atomic E-state index is 13.4. The third-order valence-corrected chi connectivity index (χ3v) is 5.40. The molecule has 0 saturated carbocycles. The minimum atomic E-state index is -0.697. The van der Waals surface area contributed by atoms with Crippen LogP contribution in [0, 0.1) is 0 Å². The van der Waals surface area contributed by atoms with E-state index < -0.39 is 6.04 Å². The molecule has 3 rings (SSSR count). The van der Waals surface area contributed by atoms with Crippen LogP contribution in [0.15, 0.2) is 84.9 Å². The van der Waals surface area contributed by atoms with Crippen LogP contribution in [0.5, 0.6) is 5.75 Å². The van der Waals surface area contributed by atoms with Crippen LogP contribution in [0.25, 0.3) is 0 Å². The normalized spacial score (nSPS) is 11.6. The molecule has 6 heteroatoms. The molecule has 1 atom stereocenters. The van der Waals surface area contributed by atoms with Gasteiger partial charge in [0.25, 0.3) is 5.91 Å². The molecule has 33 heavy (non-hydrogen) atoms. The van der Waals surface area contributed by atoms with Gasteiger partial charge in [-0.3, -0.25) is 9.59 Å². The van der Waals surface area contributed by atoms with Crippen molar-refractivity contribution in [3.63, 3.8) is 0 Å². The number of nitrogens with zero attached hydrogens (tertiary/aromatic N) is 1. The molecule has 0 aliphatic heterocycles. The highest BCUT2D eigenvalue weighted by Gasteiger charge is 2.31. The summed E-state index contributed by atoms with van der Waals surface area (Å²) >= 11 is 6.18. The van der Waals surface area contributed by atoms with E-state index in [0.29, 0.717) is 17.2 Å². The van der Waals surface area contributed by atoms with Crippen molar-refractivity contribution >= 4 is 23.4 Å². The largest absolute Gasteiger partial charge is 0.482 e. The number of rotatable bonds is 10. The number of nitrogens with one attached hydrogen (secondary N) is 1. The molecule has 1 N–H and O–H groups in total. The Hall–Kier alpha value is -3.31. The molecule has 172 valence electrons. The maximum Gasteiger partial charge on any atom is 0.261 e. The van der Waals surface area contributed by atoms with Crippen molar-refractivity contribution in [3.05, 3.63) is 101 Å². The number of hydrogen-bond acceptors (Lipinski definition) is 3. The van der Waals surface area contributed by atoms with Crippen molar-refractivity contribution in [3.8, 4) is 5.75 Å². The summed E-state index contributed by atoms with van der Waals surface area (Å²) in [4.78, 5) is 28.3. The summed E-state index contributed by atoms with van der Waals surface area (Å²) in [5.74, 6) is -0.0621. The fraction of sp³-hybridized carbons (Fsp3) is 0.259. The van der Waals surface area contributed by atoms with Crippen LogP contribution >= 0.6 is 11.6 Å². The quantitative estimate of drug-likeness (QED) is 0.465. The van der Waals surface area contributed by atoms with Crippen molar-refractivity contribution in [2.75, 3.05) is 6.61 Å². The highest BCUT2D eigenvalue weighted by Crippen LogP contribution is 2.23. The minimum absolute atomic E-state index is 0.0520. The Balaban J connectivity index is 1.89. The van der Waals surface area contributed by atoms with Gasteiger partial charge in [-0.1, -0.05) is 84.4 Å². The standard InChI is InChI=1S/C27H29ClN2O3/c1-20(2)29-27(32)24(17-21-11-5-3-6-12-21)30(18-22-13-7-4-8-14-22)26(31)19-33-25-16-10-9-15-23(25)28/h3-16,20,24H,17-19H2,1-2H3,(H,29,32)/t24-/m1/s1. The van der Waals surface area contributed by atoms with E-state index in [1.807, 2.05) is 74.5 Å². The lowest BCUT2D eigenvalue weighted by atomic mass is 10.0. The van der Waals surface area contributed by atoms with Crippen LogP contribution in [0.4, 0.5) is 0 Å². The summed E-state index contributed by atoms with van der Waals surface area (Å²) < 4.78 is 5.72. The number of halogens is 1. The summed E-state index contributed by atoms with van der Waals surface area (Å²) in [7, 11) is 0. The number of hydrogen-bond donors (Lipinski definition) is 1. The van der Waals surface area contributed by atoms with Crippen molar-refractivity contribution in [2.24, 2.45) is 0 Å². The zero-order chi connectivity index (χ0) is 23.6. The molecule has 5 nitrogen and oxygen atoms in total. The molecule has 3 aromatic rings. The molecule has 3 aromatic carbocycles. The van der Waals surface area contributed by atoms with Crippen molar-refractivity contribution in [2.45, 2.75) is 38.9 Å². The molecular weight excluding hydrogens is 436 g/mol. The Morgan fingerprint density at radius 3 is 2.06 bits per heavy atom. The summed E-state index contributed by atoms with van der Waals surface area (Å²) in [5.41, 5.74) is 1.90. The van der Waals surface area contributed by atoms with Crippen molar-refractivity contribution < 1.29 is 14.3 Å². The van der Waals surface area contributed by atoms with Crippen molar-refractivity contribution in [1.82, 2.24) is 10.2 Å². The smallest absolute Gasteiger partial charge is 0.261 e. The average Bonchev–Trinajstić information content (AvgIpc) is 2.81. The van der Waals surface area contributed by atoms with E-state index in [9.17, 15) is 9.59 Å². The van der Waals surface area contributed by atoms with E-state index >= 15 is 0 Å². The van der Waals surface area contributed by atoms with Crippen LogP contribution < -0.4 is 10.1 Å². The molecule has 0 fully saturated rings. The van der Waals surface area contributed by atoms with Gasteiger partial charge in [-0.2, -0.15) is 0 Å². The zero-order valence-electron chi connectivity index (χ0n) is 18.9. The predicted octanol–water partition coefficient (Wildman–Crippen LogP) is 4.88. The maximum atomic E-state index is 13.4. The molecule has 0 saturated heterocycles. The summed E-state index contributed by atoms with van der Waals surface area (Å²) in [5, 5.41) is 3.40. The van der Waals surface area contributed by atoms with E-state index in [2.05, 4.69) is 5.32 Å². The van der Waals surface area contributed by atoms with Crippen LogP contribution in [-0.2, 0) is 22.6 Å². The topological polar surface area (TPSA) is 58.6 Å². The second-order valence-corrected chi connectivity index (χ2v) is 8.50. The van der Waals surface area contributed by atoms with E-state index in [-0.39, 0.29) is 31.0 Å². The fourth-order valence-electron chi connectivity index (χ4n) is 3.50. The van der Waals surface area contributed by atoms with Crippen molar-refractivity contribution in [1.29, 1.82) is 0 Å². The predicted molar refractivity (Wildman–Crippen MR) is 131 cm³/mol. The molecule has 0 heterocycles. The van der Waals surface area contributed by atoms with E-state index in [4.69, 9.17) is 16.3 Å². The Morgan fingerprint density at radius 1 is 0.879 bits per heavy atom. The van der Waals surface area contributed by atoms with E-state index in [1.165, 1.54) is 0 Å². The summed E-state index contributed by atoms with van der Waals surface area (Å²) in [6, 6.07) is 25.6. The second-order valence-electron chi connectivity index (χ2n) is 8.10. The Labute approximate surface area is 200 Å². The summed E-state index contributed by atoms with van der Waals surface area (Å²) in [6.07, 6.45) is 0.393. The van der Waals surface area contributed by atoms with Crippen LogP contribution in [0.3, 0.4) is 0 Å². The summed E-state index contributed by atoms with van der Waals surface area (Å²) in [6.45, 7) is 3.87. The average molecular weight is 465 g/mol. The van der Waals surface area contributed by atoms with Gasteiger partial charge in [0.15, 0.2) is 6.61 Å². The van der Waals surface area contributed by atoms with E-state index in [0.717, 1.165) is 11.1 Å². The third kappa shape index (κ3) is 7.36. The van der Waals surface area contributed by atoms with Gasteiger partial charge >= 0.3 is 0 Å². The number of amides is 2. The number of benzene rings is 3. The molecule has 0 aliphatic rings. The molecule has 2 amide bonds. The van der Waals surface area contributed by atoms with E-state index in [1.54, 1.807) is 29.2 Å². The molecule has 0 unspecified atom stereocenters. The number of ether oxygens (including phenoxy) is 1. The van der Waals surface area contributed by atoms with Crippen LogP contribution in [-0.4, -0.2) is 35.4 Å². The van der Waals surface area contributed by atoms with Gasteiger partial charge in [0.2, 0.25) is 5.91 Å². The highest BCUT2D eigenvalue weighted by atomic mass is 35.5. The molecule has 0 radical (unpaired) electrons. The first-order chi connectivity index (χ1) is 15.9. The second kappa shape index (κ2) is 12.1. The molecule has 0 aromatic heterocycles. The van der Waals surface area contributed by atoms with Crippen LogP contribution in [0.2, 0.25) is 5.02 Å². The first-order valence-electron chi connectivity index (χ1n) is 11.0. The van der Waals surface area contributed by atoms with Gasteiger partial charge in [-0.25, -0.2) is 0 Å². The first-order valence-corrected chi connectivity index (χ1v) is 11.4. The number of para-hydroxylation sites is 1. The minimum Gasteiger partial charge on any atom is -0.482 e. The molecular formula is C27H29ClN2O3. The lowest BCUT2D eigenvalue weighted by molar-refractivity contribution is -0.143. The van der Waals surface area contributed by atoms with Gasteiger partial charge in [-0.15, -0.1) is 0 Å². The zero-order valence-corrected chi connectivity index (χ0v) is 19.7.